The number of aliphatic hydroxyl groups excluding tert-OH is 1. The van der Waals surface area contributed by atoms with Crippen molar-refractivity contribution in [2.24, 2.45) is 0 Å². The van der Waals surface area contributed by atoms with E-state index in [0.29, 0.717) is 0 Å². The van der Waals surface area contributed by atoms with Crippen LogP contribution in [0.3, 0.4) is 0 Å². The molecule has 1 aromatic heterocycles. The summed E-state index contributed by atoms with van der Waals surface area (Å²) < 4.78 is 69.1. The molecule has 0 spiro atoms. The summed E-state index contributed by atoms with van der Waals surface area (Å²) in [4.78, 5) is 14.8. The van der Waals surface area contributed by atoms with Crippen LogP contribution in [0.25, 0.3) is 0 Å². The highest BCUT2D eigenvalue weighted by Gasteiger charge is 2.54. The standard InChI is InChI=1S/C23H29F5N4O2/c1-11(2)29-19(33)16-17-15(18(31-30-17)23(26,27)28)21(3,4)10-32(22(16,5)6)20(34)12-7-8-13(24)14(25)9-12/h7-9,11,16,20,34H,10H2,1-6H3,(H,29,33)(H,30,31)/t16-,20?/m1/s1. The minimum atomic E-state index is -4.78. The molecule has 2 heterocycles. The number of aromatic amines is 1. The highest BCUT2D eigenvalue weighted by atomic mass is 19.4. The van der Waals surface area contributed by atoms with E-state index in [9.17, 15) is 31.9 Å². The number of aliphatic hydroxyl groups is 1. The highest BCUT2D eigenvalue weighted by molar-refractivity contribution is 5.85. The molecule has 0 radical (unpaired) electrons. The van der Waals surface area contributed by atoms with Gasteiger partial charge in [-0.05, 0) is 45.4 Å². The maximum absolute atomic E-state index is 13.9. The first-order valence-corrected chi connectivity index (χ1v) is 10.8. The number of halogens is 5. The van der Waals surface area contributed by atoms with Crippen molar-refractivity contribution in [1.29, 1.82) is 0 Å². The number of benzene rings is 1. The molecular formula is C23H29F5N4O2. The van der Waals surface area contributed by atoms with Crippen molar-refractivity contribution >= 4 is 5.91 Å². The second kappa shape index (κ2) is 8.60. The van der Waals surface area contributed by atoms with Gasteiger partial charge in [-0.2, -0.15) is 18.3 Å². The van der Waals surface area contributed by atoms with Crippen molar-refractivity contribution < 1.29 is 31.9 Å². The Morgan fingerprint density at radius 2 is 1.82 bits per heavy atom. The number of H-pyrrole nitrogens is 1. The summed E-state index contributed by atoms with van der Waals surface area (Å²) in [5.41, 5.74) is -3.81. The zero-order chi connectivity index (χ0) is 25.8. The number of alkyl halides is 3. The number of nitrogens with one attached hydrogen (secondary N) is 2. The van der Waals surface area contributed by atoms with Crippen LogP contribution in [0.15, 0.2) is 18.2 Å². The molecule has 0 saturated carbocycles. The van der Waals surface area contributed by atoms with Crippen molar-refractivity contribution in [2.75, 3.05) is 6.54 Å². The van der Waals surface area contributed by atoms with E-state index in [0.717, 1.165) is 12.1 Å². The van der Waals surface area contributed by atoms with Crippen LogP contribution in [0.1, 0.15) is 76.2 Å². The Morgan fingerprint density at radius 1 is 1.21 bits per heavy atom. The number of carbonyl (C=O) groups is 1. The van der Waals surface area contributed by atoms with E-state index in [1.54, 1.807) is 41.5 Å². The van der Waals surface area contributed by atoms with E-state index >= 15 is 0 Å². The number of fused-ring (bicyclic) bond motifs is 1. The summed E-state index contributed by atoms with van der Waals surface area (Å²) in [7, 11) is 0. The lowest BCUT2D eigenvalue weighted by atomic mass is 9.78. The molecule has 0 fully saturated rings. The maximum atomic E-state index is 13.9. The zero-order valence-electron chi connectivity index (χ0n) is 19.8. The molecule has 34 heavy (non-hydrogen) atoms. The van der Waals surface area contributed by atoms with Crippen LogP contribution < -0.4 is 5.32 Å². The van der Waals surface area contributed by atoms with Crippen LogP contribution in [-0.2, 0) is 16.4 Å². The third-order valence-corrected chi connectivity index (χ3v) is 6.27. The van der Waals surface area contributed by atoms with Gasteiger partial charge >= 0.3 is 6.18 Å². The van der Waals surface area contributed by atoms with Gasteiger partial charge in [0.25, 0.3) is 0 Å². The Balaban J connectivity index is 2.24. The number of nitrogens with zero attached hydrogens (tertiary/aromatic N) is 2. The third-order valence-electron chi connectivity index (χ3n) is 6.27. The average Bonchev–Trinajstić information content (AvgIpc) is 3.10. The van der Waals surface area contributed by atoms with Crippen molar-refractivity contribution in [2.45, 2.75) is 76.9 Å². The van der Waals surface area contributed by atoms with E-state index in [1.165, 1.54) is 11.0 Å². The molecule has 3 N–H and O–H groups in total. The molecule has 11 heteroatoms. The summed E-state index contributed by atoms with van der Waals surface area (Å²) in [5, 5.41) is 20.0. The number of rotatable bonds is 4. The van der Waals surface area contributed by atoms with Gasteiger partial charge in [0.1, 0.15) is 6.23 Å². The van der Waals surface area contributed by atoms with Gasteiger partial charge in [0.05, 0.1) is 11.6 Å². The smallest absolute Gasteiger partial charge is 0.374 e. The SMILES string of the molecule is CC(C)NC(=O)[C@H]1c2[nH]nc(C(F)(F)F)c2C(C)(C)CN(C(O)c2ccc(F)c(F)c2)C1(C)C. The Labute approximate surface area is 194 Å². The lowest BCUT2D eigenvalue weighted by Gasteiger charge is -2.45. The van der Waals surface area contributed by atoms with Crippen molar-refractivity contribution in [3.05, 3.63) is 52.3 Å². The summed E-state index contributed by atoms with van der Waals surface area (Å²) in [5.74, 6) is -4.03. The van der Waals surface area contributed by atoms with Crippen LogP contribution >= 0.6 is 0 Å². The normalized spacial score (nSPS) is 21.1. The Morgan fingerprint density at radius 3 is 2.35 bits per heavy atom. The Kier molecular flexibility index (Phi) is 6.60. The van der Waals surface area contributed by atoms with Gasteiger partial charge in [-0.25, -0.2) is 8.78 Å². The average molecular weight is 489 g/mol. The minimum absolute atomic E-state index is 0.000427. The quantitative estimate of drug-likeness (QED) is 0.558. The first-order valence-electron chi connectivity index (χ1n) is 10.8. The molecule has 1 unspecified atom stereocenters. The van der Waals surface area contributed by atoms with E-state index in [2.05, 4.69) is 15.5 Å². The van der Waals surface area contributed by atoms with Gasteiger partial charge in [-0.3, -0.25) is 14.8 Å². The molecule has 1 aliphatic rings. The predicted molar refractivity (Wildman–Crippen MR) is 115 cm³/mol. The van der Waals surface area contributed by atoms with Gasteiger partial charge in [0.15, 0.2) is 17.3 Å². The highest BCUT2D eigenvalue weighted by Crippen LogP contribution is 2.49. The number of carbonyl (C=O) groups excluding carboxylic acids is 1. The molecule has 6 nitrogen and oxygen atoms in total. The van der Waals surface area contributed by atoms with Gasteiger partial charge in [-0.1, -0.05) is 19.9 Å². The molecule has 3 rings (SSSR count). The molecule has 0 saturated heterocycles. The van der Waals surface area contributed by atoms with Crippen LogP contribution in [0.2, 0.25) is 0 Å². The molecular weight excluding hydrogens is 459 g/mol. The largest absolute Gasteiger partial charge is 0.435 e. The van der Waals surface area contributed by atoms with Crippen LogP contribution in [-0.4, -0.2) is 44.2 Å². The fourth-order valence-corrected chi connectivity index (χ4v) is 4.76. The predicted octanol–water partition coefficient (Wildman–Crippen LogP) is 4.38. The van der Waals surface area contributed by atoms with Gasteiger partial charge in [0.2, 0.25) is 5.91 Å². The number of aromatic nitrogens is 2. The Hall–Kier alpha value is -2.53. The summed E-state index contributed by atoms with van der Waals surface area (Å²) in [6.07, 6.45) is -6.32. The van der Waals surface area contributed by atoms with Crippen LogP contribution in [0.5, 0.6) is 0 Å². The third kappa shape index (κ3) is 4.55. The topological polar surface area (TPSA) is 81.2 Å². The summed E-state index contributed by atoms with van der Waals surface area (Å²) in [6, 6.07) is 2.58. The van der Waals surface area contributed by atoms with Crippen LogP contribution in [0, 0.1) is 11.6 Å². The van der Waals surface area contributed by atoms with E-state index in [-0.39, 0.29) is 29.4 Å². The monoisotopic (exact) mass is 488 g/mol. The second-order valence-corrected chi connectivity index (χ2v) is 10.2. The first-order chi connectivity index (χ1) is 15.5. The van der Waals surface area contributed by atoms with Gasteiger partial charge < -0.3 is 10.4 Å². The first kappa shape index (κ1) is 26.1. The molecule has 0 aliphatic carbocycles. The lowest BCUT2D eigenvalue weighted by Crippen LogP contribution is -2.55. The number of amides is 1. The summed E-state index contributed by atoms with van der Waals surface area (Å²) in [6.45, 7) is 9.63. The van der Waals surface area contributed by atoms with E-state index in [1.807, 2.05) is 0 Å². The van der Waals surface area contributed by atoms with Crippen LogP contribution in [0.4, 0.5) is 22.0 Å². The fraction of sp³-hybridized carbons (Fsp3) is 0.565. The molecule has 0 bridgehead atoms. The molecule has 1 aromatic carbocycles. The van der Waals surface area contributed by atoms with E-state index < -0.39 is 52.5 Å². The maximum Gasteiger partial charge on any atom is 0.435 e. The summed E-state index contributed by atoms with van der Waals surface area (Å²) >= 11 is 0. The molecule has 1 aliphatic heterocycles. The minimum Gasteiger partial charge on any atom is -0.374 e. The molecule has 2 atom stereocenters. The van der Waals surface area contributed by atoms with Crippen molar-refractivity contribution in [3.8, 4) is 0 Å². The van der Waals surface area contributed by atoms with Crippen molar-refractivity contribution in [1.82, 2.24) is 20.4 Å². The zero-order valence-corrected chi connectivity index (χ0v) is 19.8. The number of hydrogen-bond acceptors (Lipinski definition) is 4. The second-order valence-electron chi connectivity index (χ2n) is 10.2. The van der Waals surface area contributed by atoms with Gasteiger partial charge in [-0.15, -0.1) is 0 Å². The number of hydrogen-bond donors (Lipinski definition) is 3. The van der Waals surface area contributed by atoms with Crippen molar-refractivity contribution in [3.63, 3.8) is 0 Å². The molecule has 2 aromatic rings. The van der Waals surface area contributed by atoms with E-state index in [4.69, 9.17) is 0 Å². The lowest BCUT2D eigenvalue weighted by molar-refractivity contribution is -0.142. The molecule has 188 valence electrons. The fourth-order valence-electron chi connectivity index (χ4n) is 4.76. The Bertz CT molecular complexity index is 1080. The molecule has 1 amide bonds. The van der Waals surface area contributed by atoms with Gasteiger partial charge in [0, 0.05) is 29.1 Å².